The number of carbonyl (C=O) groups is 1. The van der Waals surface area contributed by atoms with Gasteiger partial charge < -0.3 is 4.90 Å². The van der Waals surface area contributed by atoms with Crippen LogP contribution in [0.15, 0.2) is 24.3 Å². The summed E-state index contributed by atoms with van der Waals surface area (Å²) < 4.78 is 1.92. The topological polar surface area (TPSA) is 67.2 Å². The number of piperidine rings is 1. The van der Waals surface area contributed by atoms with E-state index in [0.717, 1.165) is 43.7 Å². The van der Waals surface area contributed by atoms with E-state index in [1.807, 2.05) is 47.9 Å². The third kappa shape index (κ3) is 4.95. The average molecular weight is 419 g/mol. The minimum atomic E-state index is -0.386. The lowest BCUT2D eigenvalue weighted by atomic mass is 9.86. The maximum atomic E-state index is 13.1. The molecule has 158 valence electrons. The first-order valence-electron chi connectivity index (χ1n) is 10.3. The minimum Gasteiger partial charge on any atom is -0.340 e. The second kappa shape index (κ2) is 9.22. The van der Waals surface area contributed by atoms with Crippen LogP contribution in [0.25, 0.3) is 0 Å². The molecule has 1 atom stereocenters. The van der Waals surface area contributed by atoms with E-state index >= 15 is 0 Å². The van der Waals surface area contributed by atoms with E-state index in [1.165, 1.54) is 0 Å². The predicted octanol–water partition coefficient (Wildman–Crippen LogP) is 2.99. The molecule has 1 aromatic heterocycles. The first kappa shape index (κ1) is 21.7. The molecular formula is C21H31ClN6O. The molecule has 2 heterocycles. The summed E-state index contributed by atoms with van der Waals surface area (Å²) in [5, 5.41) is 13.3. The highest BCUT2D eigenvalue weighted by molar-refractivity contribution is 6.30. The van der Waals surface area contributed by atoms with Crippen LogP contribution in [0.2, 0.25) is 5.02 Å². The molecule has 1 aliphatic rings. The summed E-state index contributed by atoms with van der Waals surface area (Å²) in [6, 6.07) is 7.51. The van der Waals surface area contributed by atoms with Crippen molar-refractivity contribution in [3.05, 3.63) is 40.7 Å². The van der Waals surface area contributed by atoms with Gasteiger partial charge in [-0.15, -0.1) is 5.10 Å². The second-order valence-electron chi connectivity index (χ2n) is 8.56. The fraction of sp³-hybridized carbons (Fsp3) is 0.619. The van der Waals surface area contributed by atoms with Gasteiger partial charge >= 0.3 is 0 Å². The number of halogens is 1. The van der Waals surface area contributed by atoms with Crippen molar-refractivity contribution in [3.8, 4) is 0 Å². The molecule has 0 saturated carbocycles. The molecule has 0 bridgehead atoms. The van der Waals surface area contributed by atoms with Crippen molar-refractivity contribution < 1.29 is 4.79 Å². The zero-order chi connectivity index (χ0) is 21.0. The number of aromatic nitrogens is 4. The lowest BCUT2D eigenvalue weighted by Crippen LogP contribution is -2.56. The van der Waals surface area contributed by atoms with Crippen LogP contribution in [0.4, 0.5) is 0 Å². The summed E-state index contributed by atoms with van der Waals surface area (Å²) in [5.74, 6) is 1.53. The van der Waals surface area contributed by atoms with Gasteiger partial charge in [-0.05, 0) is 67.4 Å². The summed E-state index contributed by atoms with van der Waals surface area (Å²) in [7, 11) is 4.10. The highest BCUT2D eigenvalue weighted by Gasteiger charge is 2.44. The monoisotopic (exact) mass is 418 g/mol. The van der Waals surface area contributed by atoms with Crippen LogP contribution in [0.5, 0.6) is 0 Å². The molecule has 1 aromatic carbocycles. The third-order valence-corrected chi connectivity index (χ3v) is 6.03. The molecule has 0 aliphatic carbocycles. The maximum absolute atomic E-state index is 13.1. The maximum Gasteiger partial charge on any atom is 0.227 e. The molecule has 7 nitrogen and oxygen atoms in total. The van der Waals surface area contributed by atoms with E-state index in [1.54, 1.807) is 0 Å². The molecule has 0 spiro atoms. The molecule has 29 heavy (non-hydrogen) atoms. The molecule has 0 N–H and O–H groups in total. The zero-order valence-electron chi connectivity index (χ0n) is 17.8. The van der Waals surface area contributed by atoms with Gasteiger partial charge in [-0.1, -0.05) is 37.6 Å². The lowest BCUT2D eigenvalue weighted by molar-refractivity contribution is -0.134. The van der Waals surface area contributed by atoms with Crippen LogP contribution in [-0.4, -0.2) is 63.1 Å². The van der Waals surface area contributed by atoms with Gasteiger partial charge in [0.15, 0.2) is 5.82 Å². The third-order valence-electron chi connectivity index (χ3n) is 5.79. The van der Waals surface area contributed by atoms with Gasteiger partial charge in [0, 0.05) is 24.7 Å². The van der Waals surface area contributed by atoms with Gasteiger partial charge in [-0.3, -0.25) is 9.69 Å². The number of amides is 1. The summed E-state index contributed by atoms with van der Waals surface area (Å²) >= 11 is 6.08. The molecule has 1 aliphatic heterocycles. The van der Waals surface area contributed by atoms with E-state index in [4.69, 9.17) is 11.6 Å². The van der Waals surface area contributed by atoms with Crippen molar-refractivity contribution in [2.75, 3.05) is 27.2 Å². The Kier molecular flexibility index (Phi) is 6.90. The van der Waals surface area contributed by atoms with Crippen molar-refractivity contribution in [2.45, 2.75) is 51.6 Å². The Hall–Kier alpha value is -1.99. The Morgan fingerprint density at radius 2 is 2.14 bits per heavy atom. The first-order chi connectivity index (χ1) is 13.8. The number of likely N-dealkylation sites (N-methyl/N-ethyl adjacent to an activating group) is 1. The number of aryl methyl sites for hydroxylation is 1. The van der Waals surface area contributed by atoms with Crippen LogP contribution < -0.4 is 0 Å². The van der Waals surface area contributed by atoms with E-state index < -0.39 is 0 Å². The number of likely N-dealkylation sites (tertiary alicyclic amines) is 1. The van der Waals surface area contributed by atoms with E-state index in [2.05, 4.69) is 34.3 Å². The Balaban J connectivity index is 1.81. The molecule has 1 unspecified atom stereocenters. The van der Waals surface area contributed by atoms with Crippen LogP contribution in [0.1, 0.15) is 44.5 Å². The highest BCUT2D eigenvalue weighted by Crippen LogP contribution is 2.35. The van der Waals surface area contributed by atoms with Gasteiger partial charge in [-0.2, -0.15) is 0 Å². The summed E-state index contributed by atoms with van der Waals surface area (Å²) in [5.41, 5.74) is 0.549. The van der Waals surface area contributed by atoms with E-state index in [0.29, 0.717) is 23.9 Å². The highest BCUT2D eigenvalue weighted by atomic mass is 35.5. The van der Waals surface area contributed by atoms with Crippen LogP contribution >= 0.6 is 11.6 Å². The predicted molar refractivity (Wildman–Crippen MR) is 114 cm³/mol. The molecule has 8 heteroatoms. The standard InChI is InChI=1S/C21H31ClN6O/c1-16(2)9-12-28-20(23-24-25-28)21(26(3)4)10-6-11-27(15-21)19(29)14-17-7-5-8-18(22)13-17/h5,7-8,13,16H,6,9-12,14-15H2,1-4H3. The van der Waals surface area contributed by atoms with Crippen molar-refractivity contribution in [1.29, 1.82) is 0 Å². The van der Waals surface area contributed by atoms with E-state index in [9.17, 15) is 4.79 Å². The fourth-order valence-electron chi connectivity index (χ4n) is 4.00. The number of tetrazole rings is 1. The number of carbonyl (C=O) groups excluding carboxylic acids is 1. The largest absolute Gasteiger partial charge is 0.340 e. The fourth-order valence-corrected chi connectivity index (χ4v) is 4.21. The van der Waals surface area contributed by atoms with Crippen molar-refractivity contribution >= 4 is 17.5 Å². The van der Waals surface area contributed by atoms with Crippen molar-refractivity contribution in [2.24, 2.45) is 5.92 Å². The Morgan fingerprint density at radius 3 is 2.83 bits per heavy atom. The van der Waals surface area contributed by atoms with Gasteiger partial charge in [-0.25, -0.2) is 4.68 Å². The van der Waals surface area contributed by atoms with Gasteiger partial charge in [0.2, 0.25) is 5.91 Å². The average Bonchev–Trinajstić information content (AvgIpc) is 3.15. The Labute approximate surface area is 178 Å². The molecular weight excluding hydrogens is 388 g/mol. The lowest BCUT2D eigenvalue weighted by Gasteiger charge is -2.46. The summed E-state index contributed by atoms with van der Waals surface area (Å²) in [6.45, 7) is 6.52. The Bertz CT molecular complexity index is 836. The quantitative estimate of drug-likeness (QED) is 0.691. The number of hydrogen-bond donors (Lipinski definition) is 0. The smallest absolute Gasteiger partial charge is 0.227 e. The molecule has 2 aromatic rings. The van der Waals surface area contributed by atoms with Gasteiger partial charge in [0.25, 0.3) is 0 Å². The normalized spacial score (nSPS) is 19.9. The number of rotatable bonds is 7. The van der Waals surface area contributed by atoms with Crippen molar-refractivity contribution in [1.82, 2.24) is 30.0 Å². The van der Waals surface area contributed by atoms with Crippen LogP contribution in [0, 0.1) is 5.92 Å². The minimum absolute atomic E-state index is 0.111. The molecule has 1 amide bonds. The number of benzene rings is 1. The number of hydrogen-bond acceptors (Lipinski definition) is 5. The van der Waals surface area contributed by atoms with Gasteiger partial charge in [0.1, 0.15) is 5.54 Å². The molecule has 3 rings (SSSR count). The SMILES string of the molecule is CC(C)CCn1nnnc1C1(N(C)C)CCCN(C(=O)Cc2cccc(Cl)c2)C1. The van der Waals surface area contributed by atoms with Gasteiger partial charge in [0.05, 0.1) is 6.42 Å². The summed E-state index contributed by atoms with van der Waals surface area (Å²) in [6.07, 6.45) is 3.20. The van der Waals surface area contributed by atoms with E-state index in [-0.39, 0.29) is 11.4 Å². The second-order valence-corrected chi connectivity index (χ2v) is 9.00. The molecule has 0 radical (unpaired) electrons. The zero-order valence-corrected chi connectivity index (χ0v) is 18.6. The molecule has 1 fully saturated rings. The van der Waals surface area contributed by atoms with Crippen LogP contribution in [0.3, 0.4) is 0 Å². The first-order valence-corrected chi connectivity index (χ1v) is 10.7. The summed E-state index contributed by atoms with van der Waals surface area (Å²) in [4.78, 5) is 17.2. The number of nitrogens with zero attached hydrogens (tertiary/aromatic N) is 6. The molecule has 1 saturated heterocycles. The van der Waals surface area contributed by atoms with Crippen LogP contribution in [-0.2, 0) is 23.3 Å². The van der Waals surface area contributed by atoms with Crippen molar-refractivity contribution in [3.63, 3.8) is 0 Å². The Morgan fingerprint density at radius 1 is 1.34 bits per heavy atom.